The number of rotatable bonds is 3. The molecule has 0 spiro atoms. The maximum Gasteiger partial charge on any atom is 0.252 e. The van der Waals surface area contributed by atoms with E-state index in [1.807, 2.05) is 30.3 Å². The lowest BCUT2D eigenvalue weighted by Crippen LogP contribution is -2.09. The summed E-state index contributed by atoms with van der Waals surface area (Å²) in [5.74, 6) is 0. The highest BCUT2D eigenvalue weighted by Gasteiger charge is 2.19. The zero-order valence-corrected chi connectivity index (χ0v) is 12.4. The van der Waals surface area contributed by atoms with Gasteiger partial charge in [0.1, 0.15) is 7.85 Å². The van der Waals surface area contributed by atoms with Crippen molar-refractivity contribution in [2.24, 2.45) is 4.99 Å². The van der Waals surface area contributed by atoms with Crippen LogP contribution in [-0.4, -0.2) is 25.8 Å². The molecule has 0 N–H and O–H groups in total. The Hall–Kier alpha value is -2.13. The first-order valence-electron chi connectivity index (χ1n) is 6.35. The van der Waals surface area contributed by atoms with Gasteiger partial charge in [0.05, 0.1) is 5.71 Å². The van der Waals surface area contributed by atoms with Crippen molar-refractivity contribution in [2.75, 3.05) is 7.05 Å². The highest BCUT2D eigenvalue weighted by Crippen LogP contribution is 2.30. The van der Waals surface area contributed by atoms with Crippen LogP contribution in [0.1, 0.15) is 5.56 Å². The second-order valence-corrected chi connectivity index (χ2v) is 4.84. The number of aliphatic imine (C=N–C) groups is 1. The summed E-state index contributed by atoms with van der Waals surface area (Å²) in [6.07, 6.45) is 5.34. The van der Waals surface area contributed by atoms with Crippen molar-refractivity contribution in [2.45, 2.75) is 0 Å². The quantitative estimate of drug-likeness (QED) is 0.477. The lowest BCUT2D eigenvalue weighted by atomic mass is 9.83. The van der Waals surface area contributed by atoms with E-state index in [-0.39, 0.29) is 5.57 Å². The zero-order chi connectivity index (χ0) is 15.4. The molecule has 102 valence electrons. The monoisotopic (exact) mass is 293 g/mol. The number of carbonyl (C=O) groups is 1. The van der Waals surface area contributed by atoms with E-state index in [2.05, 4.69) is 11.6 Å². The molecule has 0 saturated carbocycles. The van der Waals surface area contributed by atoms with Crippen molar-refractivity contribution in [1.29, 1.82) is 0 Å². The molecule has 21 heavy (non-hydrogen) atoms. The number of allylic oxidation sites excluding steroid dienone is 7. The Kier molecular flexibility index (Phi) is 4.76. The molecule has 0 aliphatic heterocycles. The summed E-state index contributed by atoms with van der Waals surface area (Å²) in [6.45, 7) is 3.81. The molecule has 2 nitrogen and oxygen atoms in total. The average molecular weight is 294 g/mol. The summed E-state index contributed by atoms with van der Waals surface area (Å²) in [6, 6.07) is 9.45. The molecular weight excluding hydrogens is 280 g/mol. The third kappa shape index (κ3) is 3.31. The van der Waals surface area contributed by atoms with Crippen molar-refractivity contribution < 1.29 is 4.79 Å². The fraction of sp³-hybridized carbons (Fsp3) is 0.0588. The first kappa shape index (κ1) is 15.3. The fourth-order valence-electron chi connectivity index (χ4n) is 2.14. The van der Waals surface area contributed by atoms with Crippen LogP contribution in [0.2, 0.25) is 0 Å². The largest absolute Gasteiger partial charge is 0.288 e. The Labute approximate surface area is 130 Å². The SMILES string of the molecule is [B]C1=C/C(=C(/C(=C)C(=O)Cl)c2ccccc2)C(=NC)C=C1. The van der Waals surface area contributed by atoms with Gasteiger partial charge in [0, 0.05) is 23.8 Å². The topological polar surface area (TPSA) is 29.4 Å². The Morgan fingerprint density at radius 3 is 2.48 bits per heavy atom. The Bertz CT molecular complexity index is 712. The maximum absolute atomic E-state index is 11.6. The molecule has 2 rings (SSSR count). The highest BCUT2D eigenvalue weighted by atomic mass is 35.5. The van der Waals surface area contributed by atoms with Gasteiger partial charge < -0.3 is 0 Å². The van der Waals surface area contributed by atoms with Gasteiger partial charge in [-0.05, 0) is 23.2 Å². The minimum absolute atomic E-state index is 0.221. The third-order valence-corrected chi connectivity index (χ3v) is 3.36. The minimum atomic E-state index is -0.599. The van der Waals surface area contributed by atoms with Gasteiger partial charge in [-0.15, -0.1) is 0 Å². The van der Waals surface area contributed by atoms with E-state index in [0.717, 1.165) is 16.8 Å². The van der Waals surface area contributed by atoms with Crippen LogP contribution in [0.3, 0.4) is 0 Å². The van der Waals surface area contributed by atoms with Crippen LogP contribution < -0.4 is 0 Å². The Morgan fingerprint density at radius 1 is 1.24 bits per heavy atom. The van der Waals surface area contributed by atoms with Gasteiger partial charge in [-0.3, -0.25) is 9.79 Å². The number of nitrogens with zero attached hydrogens (tertiary/aromatic N) is 1. The van der Waals surface area contributed by atoms with Crippen molar-refractivity contribution in [3.63, 3.8) is 0 Å². The van der Waals surface area contributed by atoms with Crippen LogP contribution in [0.5, 0.6) is 0 Å². The number of halogens is 1. The first-order valence-corrected chi connectivity index (χ1v) is 6.73. The van der Waals surface area contributed by atoms with Gasteiger partial charge in [-0.2, -0.15) is 0 Å². The Morgan fingerprint density at radius 2 is 1.90 bits per heavy atom. The van der Waals surface area contributed by atoms with E-state index >= 15 is 0 Å². The molecule has 0 atom stereocenters. The molecule has 0 saturated heterocycles. The predicted molar refractivity (Wildman–Crippen MR) is 89.7 cm³/mol. The minimum Gasteiger partial charge on any atom is -0.288 e. The van der Waals surface area contributed by atoms with E-state index in [1.54, 1.807) is 25.3 Å². The predicted octanol–water partition coefficient (Wildman–Crippen LogP) is 3.45. The maximum atomic E-state index is 11.6. The summed E-state index contributed by atoms with van der Waals surface area (Å²) in [4.78, 5) is 15.8. The summed E-state index contributed by atoms with van der Waals surface area (Å²) in [5.41, 5.74) is 3.75. The van der Waals surface area contributed by atoms with E-state index in [9.17, 15) is 4.79 Å². The van der Waals surface area contributed by atoms with Crippen LogP contribution >= 0.6 is 11.6 Å². The summed E-state index contributed by atoms with van der Waals surface area (Å²) >= 11 is 5.64. The molecule has 0 bridgehead atoms. The number of hydrogen-bond acceptors (Lipinski definition) is 2. The van der Waals surface area contributed by atoms with Gasteiger partial charge >= 0.3 is 0 Å². The van der Waals surface area contributed by atoms with Crippen LogP contribution in [0, 0.1) is 0 Å². The van der Waals surface area contributed by atoms with Gasteiger partial charge in [0.25, 0.3) is 5.24 Å². The number of benzene rings is 1. The summed E-state index contributed by atoms with van der Waals surface area (Å²) in [5, 5.41) is -0.599. The molecule has 1 aliphatic carbocycles. The lowest BCUT2D eigenvalue weighted by molar-refractivity contribution is -0.108. The van der Waals surface area contributed by atoms with Crippen LogP contribution in [0.25, 0.3) is 5.57 Å². The van der Waals surface area contributed by atoms with Crippen LogP contribution in [0.4, 0.5) is 0 Å². The van der Waals surface area contributed by atoms with Crippen molar-refractivity contribution in [3.8, 4) is 0 Å². The summed E-state index contributed by atoms with van der Waals surface area (Å²) < 4.78 is 0. The molecule has 0 heterocycles. The van der Waals surface area contributed by atoms with Crippen LogP contribution in [-0.2, 0) is 4.79 Å². The van der Waals surface area contributed by atoms with E-state index in [0.29, 0.717) is 11.0 Å². The molecular formula is C17H13BClNO. The van der Waals surface area contributed by atoms with Gasteiger partial charge in [0.2, 0.25) is 0 Å². The molecule has 0 amide bonds. The molecule has 0 aromatic heterocycles. The molecule has 1 aromatic carbocycles. The third-order valence-electron chi connectivity index (χ3n) is 3.13. The Balaban J connectivity index is 2.75. The van der Waals surface area contributed by atoms with Gasteiger partial charge in [0.15, 0.2) is 0 Å². The second kappa shape index (κ2) is 6.55. The molecule has 4 heteroatoms. The molecule has 0 fully saturated rings. The molecule has 1 aromatic rings. The number of carbonyl (C=O) groups excluding carboxylic acids is 1. The van der Waals surface area contributed by atoms with Crippen LogP contribution in [0.15, 0.2) is 76.7 Å². The lowest BCUT2D eigenvalue weighted by Gasteiger charge is -2.17. The summed E-state index contributed by atoms with van der Waals surface area (Å²) in [7, 11) is 7.56. The highest BCUT2D eigenvalue weighted by molar-refractivity contribution is 6.69. The average Bonchev–Trinajstić information content (AvgIpc) is 2.48. The molecule has 0 unspecified atom stereocenters. The van der Waals surface area contributed by atoms with E-state index in [4.69, 9.17) is 19.4 Å². The van der Waals surface area contributed by atoms with Crippen molar-refractivity contribution >= 4 is 36.0 Å². The van der Waals surface area contributed by atoms with Crippen molar-refractivity contribution in [1.82, 2.24) is 0 Å². The number of hydrogen-bond donors (Lipinski definition) is 0. The van der Waals surface area contributed by atoms with Gasteiger partial charge in [-0.1, -0.05) is 54.5 Å². The molecule has 1 aliphatic rings. The van der Waals surface area contributed by atoms with E-state index in [1.165, 1.54) is 0 Å². The van der Waals surface area contributed by atoms with Crippen molar-refractivity contribution in [3.05, 3.63) is 77.3 Å². The fourth-order valence-corrected chi connectivity index (χ4v) is 2.24. The zero-order valence-electron chi connectivity index (χ0n) is 11.6. The van der Waals surface area contributed by atoms with Gasteiger partial charge in [-0.25, -0.2) is 0 Å². The molecule has 2 radical (unpaired) electrons. The first-order chi connectivity index (χ1) is 10.0. The second-order valence-electron chi connectivity index (χ2n) is 4.49. The normalized spacial score (nSPS) is 18.4. The smallest absolute Gasteiger partial charge is 0.252 e. The standard InChI is InChI=1S/C17H13BClNO/c1-11(17(19)21)16(12-6-4-3-5-7-12)14-10-13(18)8-9-15(14)20-2/h3-10H,1H2,2H3/b16-14+,20-15?. The van der Waals surface area contributed by atoms with E-state index < -0.39 is 5.24 Å².